The van der Waals surface area contributed by atoms with Gasteiger partial charge in [-0.3, -0.25) is 0 Å². The highest BCUT2D eigenvalue weighted by Gasteiger charge is 2.21. The van der Waals surface area contributed by atoms with Crippen LogP contribution in [0.25, 0.3) is 10.8 Å². The van der Waals surface area contributed by atoms with Crippen molar-refractivity contribution < 1.29 is 18.6 Å². The quantitative estimate of drug-likeness (QED) is 0.326. The van der Waals surface area contributed by atoms with Gasteiger partial charge in [-0.2, -0.15) is 0 Å². The highest BCUT2D eigenvalue weighted by atomic mass is 32.2. The summed E-state index contributed by atoms with van der Waals surface area (Å²) in [7, 11) is -4.10. The number of sulfonamides is 1. The van der Waals surface area contributed by atoms with Gasteiger partial charge in [0.05, 0.1) is 22.0 Å². The zero-order valence-electron chi connectivity index (χ0n) is 15.6. The fourth-order valence-corrected chi connectivity index (χ4v) is 4.40. The largest absolute Gasteiger partial charge is 0.507 e. The molecule has 3 aromatic carbocycles. The van der Waals surface area contributed by atoms with Crippen molar-refractivity contribution in [2.24, 2.45) is 5.14 Å². The molecule has 0 aliphatic carbocycles. The topological polar surface area (TPSA) is 128 Å². The maximum atomic E-state index is 12.0. The summed E-state index contributed by atoms with van der Waals surface area (Å²) >= 11 is 0. The molecular weight excluding hydrogens is 392 g/mol. The number of fused-ring (bicyclic) bond motifs is 1. The average molecular weight is 414 g/mol. The Bertz CT molecular complexity index is 1170. The van der Waals surface area contributed by atoms with Crippen LogP contribution >= 0.6 is 0 Å². The Balaban J connectivity index is 1.84. The Morgan fingerprint density at radius 2 is 1.72 bits per heavy atom. The predicted molar refractivity (Wildman–Crippen MR) is 113 cm³/mol. The highest BCUT2D eigenvalue weighted by molar-refractivity contribution is 7.89. The highest BCUT2D eigenvalue weighted by Crippen LogP contribution is 2.43. The van der Waals surface area contributed by atoms with Gasteiger partial charge in [-0.1, -0.05) is 24.3 Å². The van der Waals surface area contributed by atoms with E-state index in [1.807, 2.05) is 24.3 Å². The van der Waals surface area contributed by atoms with Gasteiger partial charge in [-0.15, -0.1) is 0 Å². The molecule has 8 nitrogen and oxygen atoms in total. The van der Waals surface area contributed by atoms with E-state index in [0.29, 0.717) is 0 Å². The first-order valence-corrected chi connectivity index (χ1v) is 10.7. The third-order valence-electron chi connectivity index (χ3n) is 5.01. The number of anilines is 3. The SMILES string of the molecule is NS(=O)(=O)c1cccc2c(O)cc(Nc3ccccc3N3CCNCC3)c(O)c12. The molecule has 6 N–H and O–H groups in total. The summed E-state index contributed by atoms with van der Waals surface area (Å²) in [6.07, 6.45) is 0. The average Bonchev–Trinajstić information content (AvgIpc) is 2.72. The molecule has 1 aliphatic heterocycles. The zero-order chi connectivity index (χ0) is 20.6. The Hall–Kier alpha value is -3.01. The smallest absolute Gasteiger partial charge is 0.238 e. The number of piperazine rings is 1. The Kier molecular flexibility index (Phi) is 4.95. The van der Waals surface area contributed by atoms with E-state index in [0.717, 1.165) is 37.6 Å². The van der Waals surface area contributed by atoms with Crippen molar-refractivity contribution in [2.75, 3.05) is 36.4 Å². The van der Waals surface area contributed by atoms with Crippen molar-refractivity contribution in [3.63, 3.8) is 0 Å². The van der Waals surface area contributed by atoms with Gasteiger partial charge in [-0.25, -0.2) is 13.6 Å². The van der Waals surface area contributed by atoms with Gasteiger partial charge >= 0.3 is 0 Å². The fraction of sp³-hybridized carbons (Fsp3) is 0.200. The van der Waals surface area contributed by atoms with Gasteiger partial charge < -0.3 is 25.7 Å². The molecule has 0 atom stereocenters. The van der Waals surface area contributed by atoms with Crippen molar-refractivity contribution in [1.82, 2.24) is 5.32 Å². The molecule has 0 aromatic heterocycles. The summed E-state index contributed by atoms with van der Waals surface area (Å²) in [6.45, 7) is 3.41. The molecular formula is C20H22N4O4S. The summed E-state index contributed by atoms with van der Waals surface area (Å²) in [6, 6.07) is 13.3. The van der Waals surface area contributed by atoms with Gasteiger partial charge in [0.2, 0.25) is 10.0 Å². The number of nitrogens with two attached hydrogens (primary N) is 1. The molecule has 1 saturated heterocycles. The molecule has 152 valence electrons. The lowest BCUT2D eigenvalue weighted by atomic mass is 10.1. The minimum atomic E-state index is -4.10. The maximum absolute atomic E-state index is 12.0. The standard InChI is InChI=1S/C20H22N4O4S/c21-29(27,28)18-7-3-4-13-17(25)12-15(20(26)19(13)18)23-14-5-1-2-6-16(14)24-10-8-22-9-11-24/h1-7,12,22-23,25-26H,8-11H2,(H2,21,27,28). The minimum Gasteiger partial charge on any atom is -0.507 e. The lowest BCUT2D eigenvalue weighted by Crippen LogP contribution is -2.43. The minimum absolute atomic E-state index is 0.0165. The van der Waals surface area contributed by atoms with Crippen LogP contribution in [0, 0.1) is 0 Å². The molecule has 0 radical (unpaired) electrons. The number of hydrogen-bond acceptors (Lipinski definition) is 7. The molecule has 29 heavy (non-hydrogen) atoms. The summed E-state index contributed by atoms with van der Waals surface area (Å²) in [5.41, 5.74) is 1.87. The van der Waals surface area contributed by atoms with Gasteiger partial charge in [0.25, 0.3) is 0 Å². The van der Waals surface area contributed by atoms with Gasteiger partial charge in [0.1, 0.15) is 11.5 Å². The molecule has 0 unspecified atom stereocenters. The van der Waals surface area contributed by atoms with Crippen LogP contribution in [0.15, 0.2) is 53.4 Å². The third-order valence-corrected chi connectivity index (χ3v) is 5.97. The van der Waals surface area contributed by atoms with Crippen LogP contribution in [0.5, 0.6) is 11.5 Å². The van der Waals surface area contributed by atoms with Crippen molar-refractivity contribution in [3.8, 4) is 11.5 Å². The van der Waals surface area contributed by atoms with Gasteiger partial charge in [-0.05, 0) is 18.2 Å². The van der Waals surface area contributed by atoms with Crippen LogP contribution in [0.2, 0.25) is 0 Å². The van der Waals surface area contributed by atoms with Gasteiger partial charge in [0.15, 0.2) is 0 Å². The van der Waals surface area contributed by atoms with Crippen molar-refractivity contribution >= 4 is 37.9 Å². The number of hydrogen-bond donors (Lipinski definition) is 5. The lowest BCUT2D eigenvalue weighted by Gasteiger charge is -2.31. The number of primary sulfonamides is 1. The number of benzene rings is 3. The molecule has 1 heterocycles. The Labute approximate surface area is 168 Å². The van der Waals surface area contributed by atoms with Crippen LogP contribution in [0.4, 0.5) is 17.1 Å². The molecule has 1 aliphatic rings. The van der Waals surface area contributed by atoms with E-state index in [1.165, 1.54) is 24.3 Å². The first-order chi connectivity index (χ1) is 13.9. The number of aromatic hydroxyl groups is 2. The van der Waals surface area contributed by atoms with Crippen LogP contribution in [-0.4, -0.2) is 44.8 Å². The number of nitrogens with one attached hydrogen (secondary N) is 2. The Morgan fingerprint density at radius 3 is 2.45 bits per heavy atom. The van der Waals surface area contributed by atoms with E-state index in [1.54, 1.807) is 0 Å². The number of phenolic OH excluding ortho intramolecular Hbond substituents is 2. The molecule has 9 heteroatoms. The molecule has 0 spiro atoms. The van der Waals surface area contributed by atoms with E-state index in [-0.39, 0.29) is 32.9 Å². The van der Waals surface area contributed by atoms with Crippen LogP contribution in [-0.2, 0) is 10.0 Å². The second kappa shape index (κ2) is 7.43. The molecule has 0 saturated carbocycles. The first-order valence-electron chi connectivity index (χ1n) is 9.18. The third kappa shape index (κ3) is 3.67. The normalized spacial score (nSPS) is 14.9. The molecule has 4 rings (SSSR count). The first kappa shape index (κ1) is 19.3. The molecule has 1 fully saturated rings. The van der Waals surface area contributed by atoms with Crippen molar-refractivity contribution in [3.05, 3.63) is 48.5 Å². The van der Waals surface area contributed by atoms with Crippen LogP contribution in [0.3, 0.4) is 0 Å². The number of phenols is 2. The summed E-state index contributed by atoms with van der Waals surface area (Å²) in [5, 5.41) is 33.3. The fourth-order valence-electron chi connectivity index (χ4n) is 3.64. The van der Waals surface area contributed by atoms with Crippen LogP contribution in [0.1, 0.15) is 0 Å². The van der Waals surface area contributed by atoms with E-state index in [4.69, 9.17) is 5.14 Å². The van der Waals surface area contributed by atoms with E-state index >= 15 is 0 Å². The number of para-hydroxylation sites is 2. The van der Waals surface area contributed by atoms with Crippen molar-refractivity contribution in [2.45, 2.75) is 4.90 Å². The second-order valence-electron chi connectivity index (χ2n) is 6.89. The van der Waals surface area contributed by atoms with E-state index in [2.05, 4.69) is 15.5 Å². The van der Waals surface area contributed by atoms with Gasteiger partial charge in [0, 0.05) is 43.0 Å². The monoisotopic (exact) mass is 414 g/mol. The van der Waals surface area contributed by atoms with E-state index < -0.39 is 10.0 Å². The predicted octanol–water partition coefficient (Wildman–Crippen LogP) is 2.05. The zero-order valence-corrected chi connectivity index (χ0v) is 16.4. The Morgan fingerprint density at radius 1 is 1.00 bits per heavy atom. The summed E-state index contributed by atoms with van der Waals surface area (Å²) < 4.78 is 24.0. The second-order valence-corrected chi connectivity index (χ2v) is 8.42. The van der Waals surface area contributed by atoms with Crippen LogP contribution < -0.4 is 20.7 Å². The molecule has 0 bridgehead atoms. The number of nitrogens with zero attached hydrogens (tertiary/aromatic N) is 1. The molecule has 0 amide bonds. The molecule has 3 aromatic rings. The van der Waals surface area contributed by atoms with E-state index in [9.17, 15) is 18.6 Å². The maximum Gasteiger partial charge on any atom is 0.238 e. The summed E-state index contributed by atoms with van der Waals surface area (Å²) in [5.74, 6) is -0.456. The van der Waals surface area contributed by atoms with Crippen molar-refractivity contribution in [1.29, 1.82) is 0 Å². The lowest BCUT2D eigenvalue weighted by molar-refractivity contribution is 0.471. The number of rotatable bonds is 4. The summed E-state index contributed by atoms with van der Waals surface area (Å²) in [4.78, 5) is 1.97.